The molecule has 0 aliphatic carbocycles. The highest BCUT2D eigenvalue weighted by Crippen LogP contribution is 2.28. The third-order valence-corrected chi connectivity index (χ3v) is 5.35. The average molecular weight is 352 g/mol. The molecule has 2 aliphatic rings. The first-order chi connectivity index (χ1) is 12.1. The van der Waals surface area contributed by atoms with Gasteiger partial charge < -0.3 is 14.5 Å². The third-order valence-electron chi connectivity index (χ3n) is 5.35. The summed E-state index contributed by atoms with van der Waals surface area (Å²) in [6, 6.07) is 2.35. The highest BCUT2D eigenvalue weighted by Gasteiger charge is 2.32. The molecule has 138 valence electrons. The second-order valence-corrected chi connectivity index (χ2v) is 6.92. The molecule has 1 amide bonds. The lowest BCUT2D eigenvalue weighted by Gasteiger charge is -2.37. The van der Waals surface area contributed by atoms with Gasteiger partial charge in [0.1, 0.15) is 11.4 Å². The molecule has 0 aromatic heterocycles. The van der Waals surface area contributed by atoms with Crippen LogP contribution in [0.15, 0.2) is 12.1 Å². The summed E-state index contributed by atoms with van der Waals surface area (Å²) in [6.07, 6.45) is 6.14. The fourth-order valence-corrected chi connectivity index (χ4v) is 3.94. The minimum absolute atomic E-state index is 0.0480. The molecule has 1 atom stereocenters. The molecule has 3 rings (SSSR count). The summed E-state index contributed by atoms with van der Waals surface area (Å²) in [4.78, 5) is 17.0. The smallest absolute Gasteiger partial charge is 0.260 e. The Morgan fingerprint density at radius 2 is 1.88 bits per heavy atom. The number of methoxy groups -OCH3 is 1. The van der Waals surface area contributed by atoms with Crippen molar-refractivity contribution in [3.8, 4) is 5.75 Å². The standard InChI is InChI=1S/C19H26F2N2O2/c1-25-16-8-7-15(20)17(18(16)21)19(24)23-12-3-2-6-14(23)9-13-22-10-4-5-11-22/h7-8,14H,2-6,9-13H2,1H3. The van der Waals surface area contributed by atoms with Gasteiger partial charge in [0.15, 0.2) is 11.6 Å². The van der Waals surface area contributed by atoms with E-state index in [9.17, 15) is 13.6 Å². The first kappa shape index (κ1) is 18.1. The lowest BCUT2D eigenvalue weighted by Crippen LogP contribution is -2.45. The molecule has 6 heteroatoms. The van der Waals surface area contributed by atoms with Gasteiger partial charge in [0.25, 0.3) is 5.91 Å². The normalized spacial score (nSPS) is 21.6. The zero-order chi connectivity index (χ0) is 17.8. The molecule has 0 saturated carbocycles. The van der Waals surface area contributed by atoms with Gasteiger partial charge in [-0.05, 0) is 63.7 Å². The fraction of sp³-hybridized carbons (Fsp3) is 0.632. The van der Waals surface area contributed by atoms with Crippen molar-refractivity contribution in [3.63, 3.8) is 0 Å². The maximum atomic E-state index is 14.5. The minimum atomic E-state index is -0.906. The molecule has 2 heterocycles. The number of halogens is 2. The van der Waals surface area contributed by atoms with E-state index < -0.39 is 23.1 Å². The zero-order valence-corrected chi connectivity index (χ0v) is 14.8. The molecule has 25 heavy (non-hydrogen) atoms. The van der Waals surface area contributed by atoms with Crippen LogP contribution in [0.1, 0.15) is 48.9 Å². The van der Waals surface area contributed by atoms with E-state index in [1.165, 1.54) is 26.0 Å². The van der Waals surface area contributed by atoms with E-state index in [0.717, 1.165) is 51.4 Å². The number of rotatable bonds is 5. The molecule has 0 radical (unpaired) electrons. The number of carbonyl (C=O) groups excluding carboxylic acids is 1. The highest BCUT2D eigenvalue weighted by molar-refractivity contribution is 5.95. The van der Waals surface area contributed by atoms with Gasteiger partial charge in [0.05, 0.1) is 7.11 Å². The Bertz CT molecular complexity index is 618. The van der Waals surface area contributed by atoms with E-state index in [1.807, 2.05) is 0 Å². The lowest BCUT2D eigenvalue weighted by molar-refractivity contribution is 0.0577. The fourth-order valence-electron chi connectivity index (χ4n) is 3.94. The van der Waals surface area contributed by atoms with Crippen molar-refractivity contribution in [2.45, 2.75) is 44.6 Å². The van der Waals surface area contributed by atoms with Gasteiger partial charge in [-0.15, -0.1) is 0 Å². The average Bonchev–Trinajstić information content (AvgIpc) is 3.14. The largest absolute Gasteiger partial charge is 0.494 e. The summed E-state index contributed by atoms with van der Waals surface area (Å²) in [5.41, 5.74) is -0.493. The van der Waals surface area contributed by atoms with Crippen LogP contribution in [0.4, 0.5) is 8.78 Å². The number of amides is 1. The van der Waals surface area contributed by atoms with Gasteiger partial charge in [0, 0.05) is 19.1 Å². The first-order valence-corrected chi connectivity index (χ1v) is 9.17. The topological polar surface area (TPSA) is 32.8 Å². The molecular weight excluding hydrogens is 326 g/mol. The van der Waals surface area contributed by atoms with Crippen molar-refractivity contribution >= 4 is 5.91 Å². The van der Waals surface area contributed by atoms with Crippen molar-refractivity contribution in [2.75, 3.05) is 33.3 Å². The molecule has 1 aromatic carbocycles. The maximum absolute atomic E-state index is 14.5. The number of nitrogens with zero attached hydrogens (tertiary/aromatic N) is 2. The van der Waals surface area contributed by atoms with Crippen LogP contribution in [0, 0.1) is 11.6 Å². The Kier molecular flexibility index (Phi) is 5.89. The predicted octanol–water partition coefficient (Wildman–Crippen LogP) is 3.45. The number of hydrogen-bond acceptors (Lipinski definition) is 3. The summed E-state index contributed by atoms with van der Waals surface area (Å²) in [5, 5.41) is 0. The van der Waals surface area contributed by atoms with Crippen LogP contribution >= 0.6 is 0 Å². The van der Waals surface area contributed by atoms with Crippen molar-refractivity contribution in [2.24, 2.45) is 0 Å². The SMILES string of the molecule is COc1ccc(F)c(C(=O)N2CCCCC2CCN2CCCC2)c1F. The minimum Gasteiger partial charge on any atom is -0.494 e. The Balaban J connectivity index is 1.76. The number of hydrogen-bond donors (Lipinski definition) is 0. The van der Waals surface area contributed by atoms with Gasteiger partial charge in [-0.2, -0.15) is 0 Å². The van der Waals surface area contributed by atoms with Crippen LogP contribution in [0.5, 0.6) is 5.75 Å². The van der Waals surface area contributed by atoms with Crippen molar-refractivity contribution in [1.29, 1.82) is 0 Å². The molecule has 1 unspecified atom stereocenters. The van der Waals surface area contributed by atoms with Crippen LogP contribution in [0.3, 0.4) is 0 Å². The summed E-state index contributed by atoms with van der Waals surface area (Å²) < 4.78 is 33.6. The van der Waals surface area contributed by atoms with Crippen LogP contribution in [0.2, 0.25) is 0 Å². The molecule has 2 fully saturated rings. The summed E-state index contributed by atoms with van der Waals surface area (Å²) in [7, 11) is 1.31. The Morgan fingerprint density at radius 3 is 2.60 bits per heavy atom. The van der Waals surface area contributed by atoms with Crippen LogP contribution < -0.4 is 4.74 Å². The zero-order valence-electron chi connectivity index (χ0n) is 14.8. The third kappa shape index (κ3) is 3.94. The number of benzene rings is 1. The molecule has 2 saturated heterocycles. The maximum Gasteiger partial charge on any atom is 0.260 e. The van der Waals surface area contributed by atoms with E-state index >= 15 is 0 Å². The van der Waals surface area contributed by atoms with Crippen LogP contribution in [-0.2, 0) is 0 Å². The van der Waals surface area contributed by atoms with E-state index in [4.69, 9.17) is 4.74 Å². The van der Waals surface area contributed by atoms with Gasteiger partial charge in [-0.3, -0.25) is 4.79 Å². The predicted molar refractivity (Wildman–Crippen MR) is 91.9 cm³/mol. The number of ether oxygens (including phenoxy) is 1. The molecule has 0 spiro atoms. The van der Waals surface area contributed by atoms with Gasteiger partial charge in [-0.1, -0.05) is 0 Å². The van der Waals surface area contributed by atoms with E-state index in [2.05, 4.69) is 4.90 Å². The van der Waals surface area contributed by atoms with Crippen molar-refractivity contribution in [1.82, 2.24) is 9.80 Å². The second-order valence-electron chi connectivity index (χ2n) is 6.92. The van der Waals surface area contributed by atoms with Gasteiger partial charge >= 0.3 is 0 Å². The summed E-state index contributed by atoms with van der Waals surface area (Å²) >= 11 is 0. The molecular formula is C19H26F2N2O2. The molecule has 0 N–H and O–H groups in total. The quantitative estimate of drug-likeness (QED) is 0.814. The monoisotopic (exact) mass is 352 g/mol. The van der Waals surface area contributed by atoms with Gasteiger partial charge in [-0.25, -0.2) is 8.78 Å². The van der Waals surface area contributed by atoms with Crippen LogP contribution in [0.25, 0.3) is 0 Å². The molecule has 2 aliphatic heterocycles. The molecule has 4 nitrogen and oxygen atoms in total. The van der Waals surface area contributed by atoms with Crippen molar-refractivity contribution in [3.05, 3.63) is 29.3 Å². The van der Waals surface area contributed by atoms with Crippen LogP contribution in [-0.4, -0.2) is 55.0 Å². The Hall–Kier alpha value is -1.69. The summed E-state index contributed by atoms with van der Waals surface area (Å²) in [6.45, 7) is 3.72. The first-order valence-electron chi connectivity index (χ1n) is 9.17. The van der Waals surface area contributed by atoms with Gasteiger partial charge in [0.2, 0.25) is 0 Å². The Labute approximate surface area is 147 Å². The van der Waals surface area contributed by atoms with Crippen molar-refractivity contribution < 1.29 is 18.3 Å². The number of piperidine rings is 1. The number of likely N-dealkylation sites (tertiary alicyclic amines) is 2. The highest BCUT2D eigenvalue weighted by atomic mass is 19.1. The lowest BCUT2D eigenvalue weighted by atomic mass is 9.97. The summed E-state index contributed by atoms with van der Waals surface area (Å²) in [5.74, 6) is -2.39. The molecule has 1 aromatic rings. The van der Waals surface area contributed by atoms with E-state index in [-0.39, 0.29) is 11.8 Å². The van der Waals surface area contributed by atoms with E-state index in [1.54, 1.807) is 4.90 Å². The molecule has 0 bridgehead atoms. The second kappa shape index (κ2) is 8.13. The van der Waals surface area contributed by atoms with E-state index in [0.29, 0.717) is 6.54 Å². The number of carbonyl (C=O) groups is 1. The Morgan fingerprint density at radius 1 is 1.16 bits per heavy atom.